The lowest BCUT2D eigenvalue weighted by Gasteiger charge is -2.47. The Balaban J connectivity index is 1.74. The van der Waals surface area contributed by atoms with E-state index in [1.54, 1.807) is 0 Å². The number of benzene rings is 1. The molecule has 0 saturated carbocycles. The Hall–Kier alpha value is -1.66. The van der Waals surface area contributed by atoms with Crippen LogP contribution in [0.25, 0.3) is 0 Å². The van der Waals surface area contributed by atoms with Gasteiger partial charge in [-0.05, 0) is 31.0 Å². The molecule has 0 aliphatic carbocycles. The normalized spacial score (nSPS) is 16.6. The number of hydrogen-bond acceptors (Lipinski definition) is 5. The number of carbonyl (C=O) groups excluding carboxylic acids is 1. The van der Waals surface area contributed by atoms with Gasteiger partial charge in [0.2, 0.25) is 11.0 Å². The van der Waals surface area contributed by atoms with E-state index in [9.17, 15) is 4.79 Å². The first-order chi connectivity index (χ1) is 9.98. The third-order valence-electron chi connectivity index (χ3n) is 3.75. The minimum atomic E-state index is -0.534. The van der Waals surface area contributed by atoms with Crippen molar-refractivity contribution in [3.63, 3.8) is 0 Å². The Morgan fingerprint density at radius 2 is 2.05 bits per heavy atom. The highest BCUT2D eigenvalue weighted by atomic mass is 35.5. The second-order valence-corrected chi connectivity index (χ2v) is 7.00. The summed E-state index contributed by atoms with van der Waals surface area (Å²) < 4.78 is 0. The van der Waals surface area contributed by atoms with Crippen LogP contribution in [0.15, 0.2) is 24.3 Å². The van der Waals surface area contributed by atoms with Crippen LogP contribution in [0.4, 0.5) is 5.13 Å². The van der Waals surface area contributed by atoms with E-state index in [1.807, 2.05) is 36.1 Å². The Labute approximate surface area is 131 Å². The lowest BCUT2D eigenvalue weighted by Crippen LogP contribution is -2.63. The predicted molar refractivity (Wildman–Crippen MR) is 83.6 cm³/mol. The maximum absolute atomic E-state index is 11.9. The van der Waals surface area contributed by atoms with E-state index in [-0.39, 0.29) is 5.91 Å². The van der Waals surface area contributed by atoms with E-state index in [4.69, 9.17) is 17.3 Å². The zero-order valence-corrected chi connectivity index (χ0v) is 13.1. The van der Waals surface area contributed by atoms with Gasteiger partial charge in [-0.25, -0.2) is 0 Å². The van der Waals surface area contributed by atoms with Gasteiger partial charge in [-0.3, -0.25) is 4.79 Å². The fourth-order valence-corrected chi connectivity index (χ4v) is 3.39. The summed E-state index contributed by atoms with van der Waals surface area (Å²) in [5, 5.41) is 10.6. The summed E-state index contributed by atoms with van der Waals surface area (Å²) in [5.41, 5.74) is 6.16. The number of nitrogens with zero attached hydrogens (tertiary/aromatic N) is 3. The van der Waals surface area contributed by atoms with Crippen LogP contribution in [0.5, 0.6) is 0 Å². The van der Waals surface area contributed by atoms with Gasteiger partial charge in [0.15, 0.2) is 0 Å². The van der Waals surface area contributed by atoms with Gasteiger partial charge >= 0.3 is 0 Å². The minimum Gasteiger partial charge on any atom is -0.369 e. The summed E-state index contributed by atoms with van der Waals surface area (Å²) >= 11 is 7.41. The number of hydrogen-bond donors (Lipinski definition) is 1. The Kier molecular flexibility index (Phi) is 3.59. The van der Waals surface area contributed by atoms with Crippen molar-refractivity contribution in [2.45, 2.75) is 13.3 Å². The number of anilines is 1. The molecule has 2 aromatic rings. The van der Waals surface area contributed by atoms with Crippen LogP contribution < -0.4 is 10.6 Å². The molecule has 1 aromatic heterocycles. The fraction of sp³-hybridized carbons (Fsp3) is 0.357. The maximum Gasteiger partial charge on any atom is 0.227 e. The van der Waals surface area contributed by atoms with Crippen molar-refractivity contribution in [2.24, 2.45) is 11.1 Å². The van der Waals surface area contributed by atoms with Gasteiger partial charge in [0.1, 0.15) is 5.01 Å². The number of carbonyl (C=O) groups is 1. The summed E-state index contributed by atoms with van der Waals surface area (Å²) in [5.74, 6) is -0.269. The van der Waals surface area contributed by atoms with Crippen molar-refractivity contribution in [1.82, 2.24) is 10.2 Å². The average Bonchev–Trinajstić information content (AvgIpc) is 2.81. The molecular weight excluding hydrogens is 308 g/mol. The van der Waals surface area contributed by atoms with Crippen LogP contribution in [0.1, 0.15) is 10.6 Å². The Morgan fingerprint density at radius 1 is 1.38 bits per heavy atom. The summed E-state index contributed by atoms with van der Waals surface area (Å²) in [4.78, 5) is 13.9. The number of amides is 1. The minimum absolute atomic E-state index is 0.269. The van der Waals surface area contributed by atoms with Crippen LogP contribution in [0.3, 0.4) is 0 Å². The number of rotatable bonds is 4. The molecule has 110 valence electrons. The maximum atomic E-state index is 11.9. The largest absolute Gasteiger partial charge is 0.369 e. The first kappa shape index (κ1) is 14.3. The molecule has 3 rings (SSSR count). The van der Waals surface area contributed by atoms with Crippen LogP contribution in [0.2, 0.25) is 5.02 Å². The highest BCUT2D eigenvalue weighted by molar-refractivity contribution is 7.15. The lowest BCUT2D eigenvalue weighted by atomic mass is 9.74. The molecule has 0 bridgehead atoms. The number of primary amides is 1. The number of aromatic nitrogens is 2. The summed E-state index contributed by atoms with van der Waals surface area (Å²) in [6.07, 6.45) is 0.619. The molecule has 1 fully saturated rings. The van der Waals surface area contributed by atoms with Gasteiger partial charge in [0.25, 0.3) is 0 Å². The zero-order valence-electron chi connectivity index (χ0n) is 11.5. The molecule has 1 aliphatic heterocycles. The highest BCUT2D eigenvalue weighted by Gasteiger charge is 2.49. The Morgan fingerprint density at radius 3 is 2.57 bits per heavy atom. The molecule has 1 aliphatic rings. The first-order valence-corrected chi connectivity index (χ1v) is 7.77. The second-order valence-electron chi connectivity index (χ2n) is 5.41. The SMILES string of the molecule is Cc1nnc(N2CC(Cc3ccc(Cl)cc3)(C(N)=O)C2)s1. The van der Waals surface area contributed by atoms with Crippen molar-refractivity contribution in [1.29, 1.82) is 0 Å². The van der Waals surface area contributed by atoms with Gasteiger partial charge in [-0.1, -0.05) is 35.1 Å². The van der Waals surface area contributed by atoms with Gasteiger partial charge < -0.3 is 10.6 Å². The molecule has 0 spiro atoms. The second kappa shape index (κ2) is 5.27. The van der Waals surface area contributed by atoms with Gasteiger partial charge in [-0.2, -0.15) is 0 Å². The fourth-order valence-electron chi connectivity index (χ4n) is 2.58. The standard InChI is InChI=1S/C14H15ClN4OS/c1-9-17-18-13(21-9)19-7-14(8-19,12(16)20)6-10-2-4-11(15)5-3-10/h2-5H,6-8H2,1H3,(H2,16,20). The first-order valence-electron chi connectivity index (χ1n) is 6.58. The third kappa shape index (κ3) is 2.73. The summed E-state index contributed by atoms with van der Waals surface area (Å²) in [6.45, 7) is 3.08. The van der Waals surface area contributed by atoms with Crippen LogP contribution >= 0.6 is 22.9 Å². The molecule has 2 N–H and O–H groups in total. The molecule has 1 saturated heterocycles. The van der Waals surface area contributed by atoms with Gasteiger partial charge in [0, 0.05) is 18.1 Å². The quantitative estimate of drug-likeness (QED) is 0.935. The van der Waals surface area contributed by atoms with Crippen molar-refractivity contribution < 1.29 is 4.79 Å². The summed E-state index contributed by atoms with van der Waals surface area (Å²) in [7, 11) is 0. The topological polar surface area (TPSA) is 72.1 Å². The molecule has 7 heteroatoms. The molecule has 1 amide bonds. The Bertz CT molecular complexity index is 664. The molecule has 2 heterocycles. The number of aryl methyl sites for hydroxylation is 1. The third-order valence-corrected chi connectivity index (χ3v) is 4.90. The van der Waals surface area contributed by atoms with Crippen LogP contribution in [0, 0.1) is 12.3 Å². The van der Waals surface area contributed by atoms with E-state index in [2.05, 4.69) is 10.2 Å². The smallest absolute Gasteiger partial charge is 0.227 e. The molecule has 5 nitrogen and oxygen atoms in total. The molecule has 0 atom stereocenters. The van der Waals surface area contributed by atoms with Crippen molar-refractivity contribution in [3.05, 3.63) is 39.9 Å². The number of nitrogens with two attached hydrogens (primary N) is 1. The zero-order chi connectivity index (χ0) is 15.0. The van der Waals surface area contributed by atoms with Gasteiger partial charge in [0.05, 0.1) is 5.41 Å². The van der Waals surface area contributed by atoms with Crippen molar-refractivity contribution in [3.8, 4) is 0 Å². The molecule has 21 heavy (non-hydrogen) atoms. The monoisotopic (exact) mass is 322 g/mol. The molecular formula is C14H15ClN4OS. The van der Waals surface area contributed by atoms with Gasteiger partial charge in [-0.15, -0.1) is 10.2 Å². The van der Waals surface area contributed by atoms with E-state index in [1.165, 1.54) is 11.3 Å². The van der Waals surface area contributed by atoms with Crippen molar-refractivity contribution >= 4 is 34.0 Å². The van der Waals surface area contributed by atoms with Crippen molar-refractivity contribution in [2.75, 3.05) is 18.0 Å². The van der Waals surface area contributed by atoms with Crippen LogP contribution in [-0.2, 0) is 11.2 Å². The number of halogens is 1. The predicted octanol–water partition coefficient (Wildman–Crippen LogP) is 2.03. The van der Waals surface area contributed by atoms with E-state index in [0.717, 1.165) is 15.7 Å². The van der Waals surface area contributed by atoms with Crippen LogP contribution in [-0.4, -0.2) is 29.2 Å². The summed E-state index contributed by atoms with van der Waals surface area (Å²) in [6, 6.07) is 7.53. The van der Waals surface area contributed by atoms with E-state index in [0.29, 0.717) is 24.5 Å². The van der Waals surface area contributed by atoms with E-state index < -0.39 is 5.41 Å². The average molecular weight is 323 g/mol. The van der Waals surface area contributed by atoms with E-state index >= 15 is 0 Å². The molecule has 0 unspecified atom stereocenters. The molecule has 1 aromatic carbocycles. The lowest BCUT2D eigenvalue weighted by molar-refractivity contribution is -0.129. The molecule has 0 radical (unpaired) electrons. The highest BCUT2D eigenvalue weighted by Crippen LogP contribution is 2.38.